The number of benzene rings is 2. The Morgan fingerprint density at radius 1 is 1.00 bits per heavy atom. The highest BCUT2D eigenvalue weighted by Crippen LogP contribution is 2.11. The molecular weight excluding hydrogens is 232 g/mol. The van der Waals surface area contributed by atoms with Crippen LogP contribution in [-0.4, -0.2) is 4.21 Å². The Hall–Kier alpha value is -1.45. The molecule has 3 heteroatoms. The number of rotatable bonds is 4. The second-order valence-electron chi connectivity index (χ2n) is 3.80. The Morgan fingerprint density at radius 2 is 1.65 bits per heavy atom. The van der Waals surface area contributed by atoms with Crippen molar-refractivity contribution in [2.24, 2.45) is 0 Å². The minimum atomic E-state index is -1.39. The van der Waals surface area contributed by atoms with E-state index in [2.05, 4.69) is 0 Å². The van der Waals surface area contributed by atoms with E-state index in [-0.39, 0.29) is 0 Å². The molecule has 1 atom stereocenters. The van der Waals surface area contributed by atoms with Gasteiger partial charge in [0.05, 0.1) is 11.5 Å². The molecule has 17 heavy (non-hydrogen) atoms. The van der Waals surface area contributed by atoms with E-state index in [4.69, 9.17) is 4.18 Å². The standard InChI is InChI=1S/C14H14O2S/c1-12-7-9-14(10-8-12)17(15)16-11-13-5-3-2-4-6-13/h2-10H,11H2,1H3. The fraction of sp³-hybridized carbons (Fsp3) is 0.143. The quantitative estimate of drug-likeness (QED) is 0.828. The van der Waals surface area contributed by atoms with Crippen molar-refractivity contribution in [1.29, 1.82) is 0 Å². The smallest absolute Gasteiger partial charge is 0.189 e. The summed E-state index contributed by atoms with van der Waals surface area (Å²) in [6.07, 6.45) is 0. The van der Waals surface area contributed by atoms with E-state index in [1.165, 1.54) is 0 Å². The lowest BCUT2D eigenvalue weighted by Gasteiger charge is -2.04. The van der Waals surface area contributed by atoms with Gasteiger partial charge in [0.1, 0.15) is 0 Å². The van der Waals surface area contributed by atoms with E-state index in [1.807, 2.05) is 61.5 Å². The van der Waals surface area contributed by atoms with Crippen LogP contribution in [-0.2, 0) is 21.9 Å². The molecule has 0 radical (unpaired) electrons. The van der Waals surface area contributed by atoms with Gasteiger partial charge in [0.2, 0.25) is 0 Å². The molecule has 0 heterocycles. The van der Waals surface area contributed by atoms with Crippen molar-refractivity contribution < 1.29 is 8.39 Å². The molecule has 0 bridgehead atoms. The Morgan fingerprint density at radius 3 is 2.29 bits per heavy atom. The average molecular weight is 246 g/mol. The van der Waals surface area contributed by atoms with E-state index in [1.54, 1.807) is 0 Å². The predicted molar refractivity (Wildman–Crippen MR) is 68.8 cm³/mol. The minimum Gasteiger partial charge on any atom is -0.282 e. The van der Waals surface area contributed by atoms with E-state index in [0.717, 1.165) is 11.1 Å². The molecule has 2 aromatic carbocycles. The van der Waals surface area contributed by atoms with Crippen molar-refractivity contribution in [2.75, 3.05) is 0 Å². The Bertz CT molecular complexity index is 491. The van der Waals surface area contributed by atoms with Gasteiger partial charge in [-0.1, -0.05) is 48.0 Å². The molecule has 0 amide bonds. The van der Waals surface area contributed by atoms with Crippen molar-refractivity contribution in [3.05, 3.63) is 65.7 Å². The van der Waals surface area contributed by atoms with Gasteiger partial charge in [0.15, 0.2) is 11.1 Å². The molecule has 2 aromatic rings. The molecule has 2 nitrogen and oxygen atoms in total. The topological polar surface area (TPSA) is 26.3 Å². The molecule has 0 aromatic heterocycles. The normalized spacial score (nSPS) is 12.3. The van der Waals surface area contributed by atoms with Crippen LogP contribution >= 0.6 is 0 Å². The molecule has 88 valence electrons. The second kappa shape index (κ2) is 5.75. The Kier molecular flexibility index (Phi) is 4.07. The molecule has 1 unspecified atom stereocenters. The highest BCUT2D eigenvalue weighted by Gasteiger charge is 2.04. The van der Waals surface area contributed by atoms with Gasteiger partial charge in [-0.3, -0.25) is 4.18 Å². The molecule has 0 saturated carbocycles. The fourth-order valence-electron chi connectivity index (χ4n) is 1.41. The zero-order chi connectivity index (χ0) is 12.1. The van der Waals surface area contributed by atoms with Gasteiger partial charge in [-0.2, -0.15) is 0 Å². The summed E-state index contributed by atoms with van der Waals surface area (Å²) in [4.78, 5) is 0.700. The summed E-state index contributed by atoms with van der Waals surface area (Å²) < 4.78 is 17.1. The fourth-order valence-corrected chi connectivity index (χ4v) is 2.15. The first-order valence-corrected chi connectivity index (χ1v) is 6.49. The van der Waals surface area contributed by atoms with Crippen LogP contribution in [0.1, 0.15) is 11.1 Å². The zero-order valence-electron chi connectivity index (χ0n) is 9.63. The van der Waals surface area contributed by atoms with Crippen molar-refractivity contribution >= 4 is 11.1 Å². The van der Waals surface area contributed by atoms with Crippen LogP contribution in [0.15, 0.2) is 59.5 Å². The third kappa shape index (κ3) is 3.51. The summed E-state index contributed by atoms with van der Waals surface area (Å²) in [5.74, 6) is 0. The average Bonchev–Trinajstić information content (AvgIpc) is 2.38. The SMILES string of the molecule is Cc1ccc(S(=O)OCc2ccccc2)cc1. The van der Waals surface area contributed by atoms with Gasteiger partial charge in [-0.05, 0) is 24.6 Å². The molecule has 0 aliphatic carbocycles. The van der Waals surface area contributed by atoms with Crippen LogP contribution in [0.4, 0.5) is 0 Å². The summed E-state index contributed by atoms with van der Waals surface area (Å²) in [7, 11) is 0. The number of aryl methyl sites for hydroxylation is 1. The van der Waals surface area contributed by atoms with Crippen LogP contribution in [0.5, 0.6) is 0 Å². The lowest BCUT2D eigenvalue weighted by Crippen LogP contribution is -1.98. The van der Waals surface area contributed by atoms with Crippen LogP contribution in [0, 0.1) is 6.92 Å². The van der Waals surface area contributed by atoms with Crippen molar-refractivity contribution in [2.45, 2.75) is 18.4 Å². The van der Waals surface area contributed by atoms with E-state index in [0.29, 0.717) is 11.5 Å². The Balaban J connectivity index is 1.96. The van der Waals surface area contributed by atoms with Crippen molar-refractivity contribution in [3.63, 3.8) is 0 Å². The van der Waals surface area contributed by atoms with Crippen molar-refractivity contribution in [3.8, 4) is 0 Å². The predicted octanol–water partition coefficient (Wildman–Crippen LogP) is 3.23. The summed E-state index contributed by atoms with van der Waals surface area (Å²) in [6.45, 7) is 2.36. The summed E-state index contributed by atoms with van der Waals surface area (Å²) in [5.41, 5.74) is 2.17. The third-order valence-electron chi connectivity index (χ3n) is 2.39. The Labute approximate surface area is 104 Å². The van der Waals surface area contributed by atoms with Crippen LogP contribution in [0.2, 0.25) is 0 Å². The second-order valence-corrected chi connectivity index (χ2v) is 4.97. The largest absolute Gasteiger partial charge is 0.282 e. The lowest BCUT2D eigenvalue weighted by atomic mass is 10.2. The van der Waals surface area contributed by atoms with Crippen LogP contribution in [0.3, 0.4) is 0 Å². The highest BCUT2D eigenvalue weighted by molar-refractivity contribution is 7.80. The highest BCUT2D eigenvalue weighted by atomic mass is 32.2. The molecule has 0 N–H and O–H groups in total. The molecule has 0 saturated heterocycles. The molecule has 0 spiro atoms. The van der Waals surface area contributed by atoms with Gasteiger partial charge in [0, 0.05) is 0 Å². The van der Waals surface area contributed by atoms with E-state index < -0.39 is 11.1 Å². The monoisotopic (exact) mass is 246 g/mol. The maximum absolute atomic E-state index is 11.8. The first-order valence-electron chi connectivity index (χ1n) is 5.41. The van der Waals surface area contributed by atoms with Crippen LogP contribution < -0.4 is 0 Å². The number of hydrogen-bond donors (Lipinski definition) is 0. The third-order valence-corrected chi connectivity index (χ3v) is 3.38. The summed E-state index contributed by atoms with van der Waals surface area (Å²) in [6, 6.07) is 17.2. The number of hydrogen-bond acceptors (Lipinski definition) is 2. The minimum absolute atomic E-state index is 0.362. The summed E-state index contributed by atoms with van der Waals surface area (Å²) >= 11 is -1.39. The van der Waals surface area contributed by atoms with Gasteiger partial charge in [-0.15, -0.1) is 0 Å². The van der Waals surface area contributed by atoms with Gasteiger partial charge < -0.3 is 0 Å². The van der Waals surface area contributed by atoms with Gasteiger partial charge in [-0.25, -0.2) is 4.21 Å². The van der Waals surface area contributed by atoms with Gasteiger partial charge >= 0.3 is 0 Å². The molecular formula is C14H14O2S. The van der Waals surface area contributed by atoms with E-state index >= 15 is 0 Å². The molecule has 0 aliphatic rings. The van der Waals surface area contributed by atoms with Crippen molar-refractivity contribution in [1.82, 2.24) is 0 Å². The molecule has 2 rings (SSSR count). The lowest BCUT2D eigenvalue weighted by molar-refractivity contribution is 0.337. The van der Waals surface area contributed by atoms with Gasteiger partial charge in [0.25, 0.3) is 0 Å². The van der Waals surface area contributed by atoms with E-state index in [9.17, 15) is 4.21 Å². The molecule has 0 fully saturated rings. The zero-order valence-corrected chi connectivity index (χ0v) is 10.4. The maximum atomic E-state index is 11.8. The maximum Gasteiger partial charge on any atom is 0.189 e. The van der Waals surface area contributed by atoms with Crippen LogP contribution in [0.25, 0.3) is 0 Å². The summed E-state index contributed by atoms with van der Waals surface area (Å²) in [5, 5.41) is 0. The molecule has 0 aliphatic heterocycles. The first-order chi connectivity index (χ1) is 8.25. The first kappa shape index (κ1) is 12.0.